The van der Waals surface area contributed by atoms with Crippen molar-refractivity contribution in [1.82, 2.24) is 0 Å². The van der Waals surface area contributed by atoms with Gasteiger partial charge in [-0.2, -0.15) is 0 Å². The largest absolute Gasteiger partial charge is 0.504 e. The Morgan fingerprint density at radius 1 is 1.00 bits per heavy atom. The Morgan fingerprint density at radius 3 is 2.43 bits per heavy atom. The molecule has 4 rings (SSSR count). The summed E-state index contributed by atoms with van der Waals surface area (Å²) in [6.07, 6.45) is 1.56. The SMILES string of the molecule is COc1cc(C2(C(=O)Nc3cccc(-c4ccc(C)cc4)c3)CC2)ccc1O. The number of aromatic hydroxyl groups is 1. The molecule has 0 saturated heterocycles. The molecule has 0 aliphatic heterocycles. The number of nitrogens with one attached hydrogen (secondary N) is 1. The summed E-state index contributed by atoms with van der Waals surface area (Å²) >= 11 is 0. The monoisotopic (exact) mass is 373 g/mol. The van der Waals surface area contributed by atoms with Gasteiger partial charge in [-0.3, -0.25) is 4.79 Å². The zero-order chi connectivity index (χ0) is 19.7. The molecule has 28 heavy (non-hydrogen) atoms. The maximum Gasteiger partial charge on any atom is 0.235 e. The average molecular weight is 373 g/mol. The topological polar surface area (TPSA) is 58.6 Å². The van der Waals surface area contributed by atoms with Crippen molar-refractivity contribution < 1.29 is 14.6 Å². The van der Waals surface area contributed by atoms with E-state index in [0.717, 1.165) is 35.2 Å². The highest BCUT2D eigenvalue weighted by Crippen LogP contribution is 2.50. The highest BCUT2D eigenvalue weighted by Gasteiger charge is 2.51. The summed E-state index contributed by atoms with van der Waals surface area (Å²) in [5, 5.41) is 12.9. The highest BCUT2D eigenvalue weighted by atomic mass is 16.5. The van der Waals surface area contributed by atoms with Crippen LogP contribution in [0.25, 0.3) is 11.1 Å². The van der Waals surface area contributed by atoms with Gasteiger partial charge in [0.1, 0.15) is 0 Å². The van der Waals surface area contributed by atoms with Gasteiger partial charge in [0.25, 0.3) is 0 Å². The van der Waals surface area contributed by atoms with Crippen molar-refractivity contribution >= 4 is 11.6 Å². The van der Waals surface area contributed by atoms with E-state index < -0.39 is 5.41 Å². The second-order valence-electron chi connectivity index (χ2n) is 7.37. The van der Waals surface area contributed by atoms with Crippen LogP contribution in [0.5, 0.6) is 11.5 Å². The van der Waals surface area contributed by atoms with Crippen LogP contribution < -0.4 is 10.1 Å². The lowest BCUT2D eigenvalue weighted by molar-refractivity contribution is -0.118. The lowest BCUT2D eigenvalue weighted by atomic mass is 9.94. The van der Waals surface area contributed by atoms with Gasteiger partial charge in [-0.1, -0.05) is 48.0 Å². The maximum atomic E-state index is 13.1. The number of hydrogen-bond donors (Lipinski definition) is 2. The van der Waals surface area contributed by atoms with Crippen LogP contribution in [0.2, 0.25) is 0 Å². The van der Waals surface area contributed by atoms with E-state index in [1.807, 2.05) is 24.3 Å². The van der Waals surface area contributed by atoms with Gasteiger partial charge in [-0.15, -0.1) is 0 Å². The van der Waals surface area contributed by atoms with Gasteiger partial charge in [0.2, 0.25) is 5.91 Å². The molecule has 1 fully saturated rings. The Bertz CT molecular complexity index is 1020. The summed E-state index contributed by atoms with van der Waals surface area (Å²) in [5.41, 5.74) is 4.49. The number of phenols is 1. The lowest BCUT2D eigenvalue weighted by Gasteiger charge is -2.17. The average Bonchev–Trinajstić information content (AvgIpc) is 3.51. The van der Waals surface area contributed by atoms with Gasteiger partial charge >= 0.3 is 0 Å². The molecule has 1 aliphatic carbocycles. The van der Waals surface area contributed by atoms with E-state index in [4.69, 9.17) is 4.74 Å². The molecule has 142 valence electrons. The highest BCUT2D eigenvalue weighted by molar-refractivity contribution is 6.01. The normalized spacial score (nSPS) is 14.4. The first kappa shape index (κ1) is 18.1. The van der Waals surface area contributed by atoms with Gasteiger partial charge in [0, 0.05) is 5.69 Å². The van der Waals surface area contributed by atoms with Crippen molar-refractivity contribution in [2.75, 3.05) is 12.4 Å². The number of phenolic OH excluding ortho intramolecular Hbond substituents is 1. The van der Waals surface area contributed by atoms with E-state index in [-0.39, 0.29) is 11.7 Å². The smallest absolute Gasteiger partial charge is 0.235 e. The van der Waals surface area contributed by atoms with Crippen molar-refractivity contribution in [3.8, 4) is 22.6 Å². The first-order chi connectivity index (χ1) is 13.5. The Hall–Kier alpha value is -3.27. The summed E-state index contributed by atoms with van der Waals surface area (Å²) < 4.78 is 5.20. The molecule has 3 aromatic carbocycles. The Balaban J connectivity index is 1.57. The number of aryl methyl sites for hydroxylation is 1. The fourth-order valence-corrected chi connectivity index (χ4v) is 3.52. The molecule has 1 saturated carbocycles. The first-order valence-electron chi connectivity index (χ1n) is 9.38. The predicted octanol–water partition coefficient (Wildman–Crippen LogP) is 5.05. The third kappa shape index (κ3) is 3.33. The quantitative estimate of drug-likeness (QED) is 0.658. The van der Waals surface area contributed by atoms with Crippen LogP contribution in [0.3, 0.4) is 0 Å². The molecule has 4 heteroatoms. The molecular formula is C24H23NO3. The lowest BCUT2D eigenvalue weighted by Crippen LogP contribution is -2.27. The fraction of sp³-hybridized carbons (Fsp3) is 0.208. The van der Waals surface area contributed by atoms with Crippen molar-refractivity contribution in [2.24, 2.45) is 0 Å². The zero-order valence-corrected chi connectivity index (χ0v) is 16.0. The number of rotatable bonds is 5. The molecule has 0 atom stereocenters. The summed E-state index contributed by atoms with van der Waals surface area (Å²) in [7, 11) is 1.51. The van der Waals surface area contributed by atoms with Crippen molar-refractivity contribution in [3.63, 3.8) is 0 Å². The molecule has 1 aliphatic rings. The van der Waals surface area contributed by atoms with Crippen LogP contribution in [-0.4, -0.2) is 18.1 Å². The summed E-state index contributed by atoms with van der Waals surface area (Å²) in [4.78, 5) is 13.1. The van der Waals surface area contributed by atoms with Crippen molar-refractivity contribution in [3.05, 3.63) is 77.9 Å². The van der Waals surface area contributed by atoms with E-state index >= 15 is 0 Å². The van der Waals surface area contributed by atoms with Gasteiger partial charge in [-0.05, 0) is 60.7 Å². The van der Waals surface area contributed by atoms with Crippen LogP contribution in [0.15, 0.2) is 66.7 Å². The Kier molecular flexibility index (Phi) is 4.55. The predicted molar refractivity (Wildman–Crippen MR) is 111 cm³/mol. The standard InChI is InChI=1S/C24H23NO3/c1-16-6-8-17(9-7-16)18-4-3-5-20(14-18)25-23(27)24(12-13-24)19-10-11-21(26)22(15-19)28-2/h3-11,14-15,26H,12-13H2,1-2H3,(H,25,27). The minimum Gasteiger partial charge on any atom is -0.504 e. The summed E-state index contributed by atoms with van der Waals surface area (Å²) in [6.45, 7) is 2.06. The van der Waals surface area contributed by atoms with Gasteiger partial charge in [0.05, 0.1) is 12.5 Å². The van der Waals surface area contributed by atoms with Crippen LogP contribution in [-0.2, 0) is 10.2 Å². The molecule has 0 radical (unpaired) electrons. The zero-order valence-electron chi connectivity index (χ0n) is 16.0. The Morgan fingerprint density at radius 2 is 1.75 bits per heavy atom. The van der Waals surface area contributed by atoms with E-state index in [9.17, 15) is 9.90 Å². The van der Waals surface area contributed by atoms with Gasteiger partial charge in [-0.25, -0.2) is 0 Å². The summed E-state index contributed by atoms with van der Waals surface area (Å²) in [6, 6.07) is 21.4. The second-order valence-corrected chi connectivity index (χ2v) is 7.37. The molecular weight excluding hydrogens is 350 g/mol. The number of carbonyl (C=O) groups is 1. The molecule has 0 unspecified atom stereocenters. The van der Waals surface area contributed by atoms with Crippen LogP contribution in [0, 0.1) is 6.92 Å². The molecule has 0 spiro atoms. The molecule has 0 bridgehead atoms. The molecule has 0 aromatic heterocycles. The number of anilines is 1. The van der Waals surface area contributed by atoms with E-state index in [1.165, 1.54) is 12.7 Å². The van der Waals surface area contributed by atoms with Gasteiger partial charge in [0.15, 0.2) is 11.5 Å². The minimum atomic E-state index is -0.555. The molecule has 2 N–H and O–H groups in total. The number of amides is 1. The van der Waals surface area contributed by atoms with Crippen molar-refractivity contribution in [2.45, 2.75) is 25.2 Å². The third-order valence-electron chi connectivity index (χ3n) is 5.42. The number of hydrogen-bond acceptors (Lipinski definition) is 3. The van der Waals surface area contributed by atoms with Crippen LogP contribution >= 0.6 is 0 Å². The number of ether oxygens (including phenoxy) is 1. The number of methoxy groups -OCH3 is 1. The minimum absolute atomic E-state index is 0.0266. The number of carbonyl (C=O) groups excluding carboxylic acids is 1. The number of benzene rings is 3. The van der Waals surface area contributed by atoms with E-state index in [0.29, 0.717) is 5.75 Å². The fourth-order valence-electron chi connectivity index (χ4n) is 3.52. The van der Waals surface area contributed by atoms with E-state index in [2.05, 4.69) is 36.5 Å². The van der Waals surface area contributed by atoms with Gasteiger partial charge < -0.3 is 15.2 Å². The van der Waals surface area contributed by atoms with Crippen molar-refractivity contribution in [1.29, 1.82) is 0 Å². The third-order valence-corrected chi connectivity index (χ3v) is 5.42. The van der Waals surface area contributed by atoms with Crippen LogP contribution in [0.1, 0.15) is 24.0 Å². The van der Waals surface area contributed by atoms with Crippen LogP contribution in [0.4, 0.5) is 5.69 Å². The Labute approximate surface area is 164 Å². The first-order valence-corrected chi connectivity index (χ1v) is 9.38. The summed E-state index contributed by atoms with van der Waals surface area (Å²) in [5.74, 6) is 0.437. The molecule has 4 nitrogen and oxygen atoms in total. The molecule has 0 heterocycles. The second kappa shape index (κ2) is 7.04. The molecule has 3 aromatic rings. The maximum absolute atomic E-state index is 13.1. The molecule has 1 amide bonds. The van der Waals surface area contributed by atoms with E-state index in [1.54, 1.807) is 18.2 Å².